The van der Waals surface area contributed by atoms with E-state index in [0.717, 1.165) is 25.0 Å². The highest BCUT2D eigenvalue weighted by Crippen LogP contribution is 2.35. The molecule has 4 unspecified atom stereocenters. The predicted molar refractivity (Wildman–Crippen MR) is 68.8 cm³/mol. The zero-order chi connectivity index (χ0) is 11.7. The third-order valence-corrected chi connectivity index (χ3v) is 4.97. The van der Waals surface area contributed by atoms with Crippen LogP contribution in [0.25, 0.3) is 0 Å². The van der Waals surface area contributed by atoms with E-state index in [1.807, 2.05) is 0 Å². The van der Waals surface area contributed by atoms with Crippen LogP contribution < -0.4 is 5.73 Å². The van der Waals surface area contributed by atoms with E-state index in [4.69, 9.17) is 10.5 Å². The molecule has 3 aliphatic rings. The summed E-state index contributed by atoms with van der Waals surface area (Å²) in [5, 5.41) is 0. The Morgan fingerprint density at radius 1 is 1.06 bits per heavy atom. The summed E-state index contributed by atoms with van der Waals surface area (Å²) in [6.45, 7) is 4.63. The molecule has 0 aromatic carbocycles. The lowest BCUT2D eigenvalue weighted by Gasteiger charge is -2.30. The summed E-state index contributed by atoms with van der Waals surface area (Å²) in [5.41, 5.74) is 6.26. The molecule has 98 valence electrons. The number of nitrogens with zero attached hydrogens (tertiary/aromatic N) is 1. The van der Waals surface area contributed by atoms with Crippen LogP contribution in [0.5, 0.6) is 0 Å². The molecule has 1 saturated carbocycles. The number of hydrogen-bond donors (Lipinski definition) is 1. The van der Waals surface area contributed by atoms with Gasteiger partial charge in [-0.3, -0.25) is 0 Å². The zero-order valence-electron chi connectivity index (χ0n) is 10.8. The summed E-state index contributed by atoms with van der Waals surface area (Å²) in [7, 11) is 0. The maximum absolute atomic E-state index is 6.26. The maximum Gasteiger partial charge on any atom is 0.0702 e. The smallest absolute Gasteiger partial charge is 0.0702 e. The molecule has 2 saturated heterocycles. The first-order valence-electron chi connectivity index (χ1n) is 7.42. The molecule has 0 radical (unpaired) electrons. The van der Waals surface area contributed by atoms with Crippen LogP contribution in [-0.2, 0) is 4.74 Å². The highest BCUT2D eigenvalue weighted by Gasteiger charge is 2.39. The lowest BCUT2D eigenvalue weighted by molar-refractivity contribution is -0.00276. The fourth-order valence-electron chi connectivity index (χ4n) is 4.00. The van der Waals surface area contributed by atoms with E-state index < -0.39 is 0 Å². The molecule has 0 amide bonds. The molecule has 0 spiro atoms. The lowest BCUT2D eigenvalue weighted by Crippen LogP contribution is -2.39. The number of fused-ring (bicyclic) bond motifs is 1. The van der Waals surface area contributed by atoms with Gasteiger partial charge in [0.05, 0.1) is 6.10 Å². The lowest BCUT2D eigenvalue weighted by atomic mass is 9.78. The average Bonchev–Trinajstić information content (AvgIpc) is 2.74. The van der Waals surface area contributed by atoms with Gasteiger partial charge in [-0.25, -0.2) is 0 Å². The second kappa shape index (κ2) is 5.25. The van der Waals surface area contributed by atoms with E-state index in [2.05, 4.69) is 4.90 Å². The van der Waals surface area contributed by atoms with Crippen molar-refractivity contribution in [3.05, 3.63) is 0 Å². The van der Waals surface area contributed by atoms with Gasteiger partial charge in [0.15, 0.2) is 0 Å². The van der Waals surface area contributed by atoms with Crippen molar-refractivity contribution in [2.75, 3.05) is 26.2 Å². The summed E-state index contributed by atoms with van der Waals surface area (Å²) in [5.74, 6) is 1.65. The molecular weight excluding hydrogens is 212 g/mol. The summed E-state index contributed by atoms with van der Waals surface area (Å²) in [6.07, 6.45) is 8.36. The molecule has 4 atom stereocenters. The van der Waals surface area contributed by atoms with Gasteiger partial charge in [-0.1, -0.05) is 6.42 Å². The molecule has 3 rings (SSSR count). The van der Waals surface area contributed by atoms with Crippen LogP contribution >= 0.6 is 0 Å². The Morgan fingerprint density at radius 2 is 2.00 bits per heavy atom. The molecule has 2 aliphatic heterocycles. The average molecular weight is 238 g/mol. The summed E-state index contributed by atoms with van der Waals surface area (Å²) < 4.78 is 5.85. The number of nitrogens with two attached hydrogens (primary N) is 1. The molecule has 3 nitrogen and oxygen atoms in total. The minimum Gasteiger partial charge on any atom is -0.377 e. The first kappa shape index (κ1) is 11.9. The van der Waals surface area contributed by atoms with Crippen molar-refractivity contribution in [1.82, 2.24) is 4.90 Å². The summed E-state index contributed by atoms with van der Waals surface area (Å²) in [4.78, 5) is 2.62. The van der Waals surface area contributed by atoms with Gasteiger partial charge in [-0.05, 0) is 43.9 Å². The standard InChI is InChI=1S/C14H26N2O/c15-14-6-3-4-11-8-16(10-13(11)14)9-12-5-1-2-7-17-12/h11-14H,1-10,15H2. The Labute approximate surface area is 105 Å². The largest absolute Gasteiger partial charge is 0.377 e. The SMILES string of the molecule is NC1CCCC2CN(CC3CCCCO3)CC12. The number of likely N-dealkylation sites (tertiary alicyclic amines) is 1. The van der Waals surface area contributed by atoms with Crippen molar-refractivity contribution in [2.45, 2.75) is 50.7 Å². The van der Waals surface area contributed by atoms with Crippen molar-refractivity contribution in [3.63, 3.8) is 0 Å². The van der Waals surface area contributed by atoms with E-state index in [1.54, 1.807) is 0 Å². The predicted octanol–water partition coefficient (Wildman–Crippen LogP) is 1.61. The Hall–Kier alpha value is -0.120. The maximum atomic E-state index is 6.26. The van der Waals surface area contributed by atoms with Crippen molar-refractivity contribution in [1.29, 1.82) is 0 Å². The van der Waals surface area contributed by atoms with Crippen LogP contribution in [0.3, 0.4) is 0 Å². The van der Waals surface area contributed by atoms with Gasteiger partial charge in [0.2, 0.25) is 0 Å². The molecule has 0 aromatic heterocycles. The second-order valence-corrected chi connectivity index (χ2v) is 6.23. The van der Waals surface area contributed by atoms with Crippen LogP contribution in [0.2, 0.25) is 0 Å². The van der Waals surface area contributed by atoms with Crippen molar-refractivity contribution in [3.8, 4) is 0 Å². The van der Waals surface area contributed by atoms with Crippen LogP contribution in [0.1, 0.15) is 38.5 Å². The van der Waals surface area contributed by atoms with Gasteiger partial charge >= 0.3 is 0 Å². The van der Waals surface area contributed by atoms with Crippen molar-refractivity contribution < 1.29 is 4.74 Å². The highest BCUT2D eigenvalue weighted by molar-refractivity contribution is 4.93. The van der Waals surface area contributed by atoms with Gasteiger partial charge in [-0.2, -0.15) is 0 Å². The number of hydrogen-bond acceptors (Lipinski definition) is 3. The van der Waals surface area contributed by atoms with E-state index in [9.17, 15) is 0 Å². The monoisotopic (exact) mass is 238 g/mol. The van der Waals surface area contributed by atoms with Crippen LogP contribution in [0.4, 0.5) is 0 Å². The van der Waals surface area contributed by atoms with E-state index in [-0.39, 0.29) is 0 Å². The molecular formula is C14H26N2O. The second-order valence-electron chi connectivity index (χ2n) is 6.23. The molecule has 0 bridgehead atoms. The third-order valence-electron chi connectivity index (χ3n) is 4.97. The molecule has 2 N–H and O–H groups in total. The van der Waals surface area contributed by atoms with E-state index in [0.29, 0.717) is 12.1 Å². The molecule has 1 aliphatic carbocycles. The van der Waals surface area contributed by atoms with Gasteiger partial charge in [0, 0.05) is 32.3 Å². The fourth-order valence-corrected chi connectivity index (χ4v) is 4.00. The first-order valence-corrected chi connectivity index (χ1v) is 7.42. The number of rotatable bonds is 2. The molecule has 2 heterocycles. The molecule has 3 heteroatoms. The first-order chi connectivity index (χ1) is 8.33. The third kappa shape index (κ3) is 2.67. The normalized spacial score (nSPS) is 43.6. The van der Waals surface area contributed by atoms with E-state index >= 15 is 0 Å². The van der Waals surface area contributed by atoms with Gasteiger partial charge in [0.1, 0.15) is 0 Å². The van der Waals surface area contributed by atoms with Crippen LogP contribution in [0, 0.1) is 11.8 Å². The van der Waals surface area contributed by atoms with E-state index in [1.165, 1.54) is 51.6 Å². The quantitative estimate of drug-likeness (QED) is 0.794. The van der Waals surface area contributed by atoms with Gasteiger partial charge in [-0.15, -0.1) is 0 Å². The summed E-state index contributed by atoms with van der Waals surface area (Å²) >= 11 is 0. The number of ether oxygens (including phenoxy) is 1. The Bertz CT molecular complexity index is 253. The minimum atomic E-state index is 0.464. The Balaban J connectivity index is 1.52. The molecule has 17 heavy (non-hydrogen) atoms. The zero-order valence-corrected chi connectivity index (χ0v) is 10.8. The van der Waals surface area contributed by atoms with Gasteiger partial charge in [0.25, 0.3) is 0 Å². The van der Waals surface area contributed by atoms with Crippen molar-refractivity contribution in [2.24, 2.45) is 17.6 Å². The Morgan fingerprint density at radius 3 is 2.76 bits per heavy atom. The fraction of sp³-hybridized carbons (Fsp3) is 1.00. The van der Waals surface area contributed by atoms with Gasteiger partial charge < -0.3 is 15.4 Å². The minimum absolute atomic E-state index is 0.464. The highest BCUT2D eigenvalue weighted by atomic mass is 16.5. The molecule has 3 fully saturated rings. The Kier molecular flexibility index (Phi) is 3.69. The van der Waals surface area contributed by atoms with Crippen molar-refractivity contribution >= 4 is 0 Å². The van der Waals surface area contributed by atoms with Crippen LogP contribution in [-0.4, -0.2) is 43.3 Å². The topological polar surface area (TPSA) is 38.5 Å². The summed E-state index contributed by atoms with van der Waals surface area (Å²) in [6, 6.07) is 0.464. The van der Waals surface area contributed by atoms with Crippen LogP contribution in [0.15, 0.2) is 0 Å². The molecule has 0 aromatic rings.